The molecular formula is C14H11F4N3O3S. The van der Waals surface area contributed by atoms with Gasteiger partial charge in [-0.1, -0.05) is 0 Å². The van der Waals surface area contributed by atoms with Crippen LogP contribution >= 0.6 is 0 Å². The lowest BCUT2D eigenvalue weighted by Gasteiger charge is -2.15. The lowest BCUT2D eigenvalue weighted by atomic mass is 9.98. The van der Waals surface area contributed by atoms with Crippen LogP contribution in [0.25, 0.3) is 11.1 Å². The fourth-order valence-electron chi connectivity index (χ4n) is 2.04. The summed E-state index contributed by atoms with van der Waals surface area (Å²) in [6.45, 7) is 0. The van der Waals surface area contributed by atoms with Crippen molar-refractivity contribution in [1.29, 1.82) is 0 Å². The van der Waals surface area contributed by atoms with Crippen molar-refractivity contribution < 1.29 is 30.8 Å². The molecule has 0 fully saturated rings. The predicted molar refractivity (Wildman–Crippen MR) is 81.6 cm³/mol. The van der Waals surface area contributed by atoms with Crippen LogP contribution in [0.1, 0.15) is 15.9 Å². The van der Waals surface area contributed by atoms with E-state index in [9.17, 15) is 30.8 Å². The van der Waals surface area contributed by atoms with Gasteiger partial charge in [0.25, 0.3) is 0 Å². The molecule has 0 aliphatic rings. The van der Waals surface area contributed by atoms with Gasteiger partial charge in [0.1, 0.15) is 11.6 Å². The number of amides is 1. The highest BCUT2D eigenvalue weighted by molar-refractivity contribution is 7.92. The fourth-order valence-corrected chi connectivity index (χ4v) is 2.55. The van der Waals surface area contributed by atoms with Crippen molar-refractivity contribution in [3.05, 3.63) is 47.4 Å². The molecule has 134 valence electrons. The topological polar surface area (TPSA) is 102 Å². The van der Waals surface area contributed by atoms with Crippen LogP contribution in [-0.2, 0) is 16.2 Å². The Morgan fingerprint density at radius 3 is 2.36 bits per heavy atom. The highest BCUT2D eigenvalue weighted by atomic mass is 32.2. The van der Waals surface area contributed by atoms with E-state index in [-0.39, 0.29) is 11.1 Å². The number of carbonyl (C=O) groups excluding carboxylic acids is 1. The minimum absolute atomic E-state index is 0.293. The van der Waals surface area contributed by atoms with Crippen molar-refractivity contribution in [2.75, 3.05) is 11.0 Å². The van der Waals surface area contributed by atoms with E-state index in [1.165, 1.54) is 0 Å². The molecule has 2 rings (SSSR count). The van der Waals surface area contributed by atoms with Gasteiger partial charge in [0, 0.05) is 22.9 Å². The molecule has 0 bridgehead atoms. The lowest BCUT2D eigenvalue weighted by molar-refractivity contribution is -0.137. The number of halogens is 4. The zero-order chi connectivity index (χ0) is 19.0. The number of rotatable bonds is 4. The van der Waals surface area contributed by atoms with Gasteiger partial charge in [-0.2, -0.15) is 13.2 Å². The number of sulfonamides is 1. The Kier molecular flexibility index (Phi) is 4.71. The molecule has 3 N–H and O–H groups in total. The molecule has 0 saturated heterocycles. The number of pyridine rings is 1. The van der Waals surface area contributed by atoms with Gasteiger partial charge in [0.15, 0.2) is 0 Å². The van der Waals surface area contributed by atoms with Gasteiger partial charge in [-0.15, -0.1) is 0 Å². The third-order valence-corrected chi connectivity index (χ3v) is 3.60. The fraction of sp³-hybridized carbons (Fsp3) is 0.143. The second kappa shape index (κ2) is 6.31. The summed E-state index contributed by atoms with van der Waals surface area (Å²) in [5.41, 5.74) is 2.90. The van der Waals surface area contributed by atoms with E-state index in [2.05, 4.69) is 4.98 Å². The Morgan fingerprint density at radius 2 is 1.84 bits per heavy atom. The first-order chi connectivity index (χ1) is 11.4. The molecule has 0 aliphatic heterocycles. The van der Waals surface area contributed by atoms with Gasteiger partial charge >= 0.3 is 6.18 Å². The Morgan fingerprint density at radius 1 is 1.20 bits per heavy atom. The Balaban J connectivity index is 2.81. The van der Waals surface area contributed by atoms with E-state index in [1.807, 2.05) is 4.72 Å². The normalized spacial score (nSPS) is 12.0. The summed E-state index contributed by atoms with van der Waals surface area (Å²) in [6.07, 6.45) is -3.61. The van der Waals surface area contributed by atoms with Crippen LogP contribution in [0.2, 0.25) is 0 Å². The SMILES string of the molecule is CS(=O)(=O)Nc1ncc(C(F)(F)F)cc1-c1cc(F)ccc1C(N)=O. The quantitative estimate of drug-likeness (QED) is 0.799. The number of nitrogens with one attached hydrogen (secondary N) is 1. The summed E-state index contributed by atoms with van der Waals surface area (Å²) in [5.74, 6) is -2.39. The molecule has 0 spiro atoms. The second-order valence-corrected chi connectivity index (χ2v) is 6.79. The minimum atomic E-state index is -4.79. The van der Waals surface area contributed by atoms with Gasteiger partial charge in [0.2, 0.25) is 15.9 Å². The van der Waals surface area contributed by atoms with Crippen LogP contribution in [-0.4, -0.2) is 25.6 Å². The first kappa shape index (κ1) is 18.6. The van der Waals surface area contributed by atoms with Crippen molar-refractivity contribution in [2.45, 2.75) is 6.18 Å². The Labute approximate surface area is 139 Å². The zero-order valence-electron chi connectivity index (χ0n) is 12.6. The molecule has 1 aromatic carbocycles. The highest BCUT2D eigenvalue weighted by Gasteiger charge is 2.32. The third kappa shape index (κ3) is 4.44. The Hall–Kier alpha value is -2.69. The molecule has 0 aliphatic carbocycles. The van der Waals surface area contributed by atoms with Crippen LogP contribution in [0.3, 0.4) is 0 Å². The van der Waals surface area contributed by atoms with Crippen LogP contribution in [0.4, 0.5) is 23.4 Å². The molecule has 11 heteroatoms. The molecule has 2 aromatic rings. The van der Waals surface area contributed by atoms with Crippen LogP contribution in [0.15, 0.2) is 30.5 Å². The summed E-state index contributed by atoms with van der Waals surface area (Å²) < 4.78 is 77.2. The average Bonchev–Trinajstić information content (AvgIpc) is 2.44. The van der Waals surface area contributed by atoms with E-state index >= 15 is 0 Å². The molecule has 0 saturated carbocycles. The van der Waals surface area contributed by atoms with E-state index in [4.69, 9.17) is 5.73 Å². The maximum absolute atomic E-state index is 13.6. The van der Waals surface area contributed by atoms with E-state index < -0.39 is 44.9 Å². The van der Waals surface area contributed by atoms with Gasteiger partial charge in [-0.25, -0.2) is 17.8 Å². The number of carbonyl (C=O) groups is 1. The van der Waals surface area contributed by atoms with Crippen LogP contribution in [0.5, 0.6) is 0 Å². The van der Waals surface area contributed by atoms with Crippen molar-refractivity contribution >= 4 is 21.7 Å². The van der Waals surface area contributed by atoms with E-state index in [0.29, 0.717) is 12.3 Å². The standard InChI is InChI=1S/C14H11F4N3O3S/c1-25(23,24)21-13-11(4-7(6-20-13)14(16,17)18)10-5-8(15)2-3-9(10)12(19)22/h2-6H,1H3,(H2,19,22)(H,20,21). The first-order valence-corrected chi connectivity index (χ1v) is 8.42. The lowest BCUT2D eigenvalue weighted by Crippen LogP contribution is -2.16. The van der Waals surface area contributed by atoms with Gasteiger partial charge in [-0.3, -0.25) is 9.52 Å². The molecule has 0 radical (unpaired) electrons. The van der Waals surface area contributed by atoms with Gasteiger partial charge in [-0.05, 0) is 24.3 Å². The summed E-state index contributed by atoms with van der Waals surface area (Å²) in [5, 5.41) is 0. The molecule has 1 aromatic heterocycles. The number of benzene rings is 1. The molecule has 1 amide bonds. The number of anilines is 1. The maximum atomic E-state index is 13.6. The van der Waals surface area contributed by atoms with Crippen LogP contribution in [0, 0.1) is 5.82 Å². The molecule has 1 heterocycles. The highest BCUT2D eigenvalue weighted by Crippen LogP contribution is 2.36. The number of alkyl halides is 3. The van der Waals surface area contributed by atoms with E-state index in [0.717, 1.165) is 24.5 Å². The van der Waals surface area contributed by atoms with Crippen molar-refractivity contribution in [2.24, 2.45) is 5.73 Å². The number of aromatic nitrogens is 1. The number of nitrogens with zero attached hydrogens (tertiary/aromatic N) is 1. The smallest absolute Gasteiger partial charge is 0.366 e. The van der Waals surface area contributed by atoms with Crippen molar-refractivity contribution in [1.82, 2.24) is 4.98 Å². The molecule has 6 nitrogen and oxygen atoms in total. The monoisotopic (exact) mass is 377 g/mol. The maximum Gasteiger partial charge on any atom is 0.417 e. The van der Waals surface area contributed by atoms with Gasteiger partial charge < -0.3 is 5.73 Å². The molecule has 0 unspecified atom stereocenters. The van der Waals surface area contributed by atoms with Crippen molar-refractivity contribution in [3.63, 3.8) is 0 Å². The molecule has 25 heavy (non-hydrogen) atoms. The minimum Gasteiger partial charge on any atom is -0.366 e. The summed E-state index contributed by atoms with van der Waals surface area (Å²) >= 11 is 0. The predicted octanol–water partition coefficient (Wildman–Crippen LogP) is 2.38. The molecular weight excluding hydrogens is 366 g/mol. The van der Waals surface area contributed by atoms with Crippen LogP contribution < -0.4 is 10.5 Å². The zero-order valence-corrected chi connectivity index (χ0v) is 13.4. The second-order valence-electron chi connectivity index (χ2n) is 5.05. The first-order valence-electron chi connectivity index (χ1n) is 6.53. The summed E-state index contributed by atoms with van der Waals surface area (Å²) in [4.78, 5) is 15.0. The number of hydrogen-bond donors (Lipinski definition) is 2. The number of hydrogen-bond acceptors (Lipinski definition) is 4. The summed E-state index contributed by atoms with van der Waals surface area (Å²) in [7, 11) is -3.90. The molecule has 0 atom stereocenters. The third-order valence-electron chi connectivity index (χ3n) is 3.03. The largest absolute Gasteiger partial charge is 0.417 e. The van der Waals surface area contributed by atoms with Gasteiger partial charge in [0.05, 0.1) is 11.8 Å². The summed E-state index contributed by atoms with van der Waals surface area (Å²) in [6, 6.07) is 3.21. The van der Waals surface area contributed by atoms with Crippen molar-refractivity contribution in [3.8, 4) is 11.1 Å². The number of nitrogens with two attached hydrogens (primary N) is 1. The average molecular weight is 377 g/mol. The number of primary amides is 1. The van der Waals surface area contributed by atoms with E-state index in [1.54, 1.807) is 0 Å². The Bertz CT molecular complexity index is 943.